The summed E-state index contributed by atoms with van der Waals surface area (Å²) in [4.78, 5) is 13.0. The average Bonchev–Trinajstić information content (AvgIpc) is 3.21. The van der Waals surface area contributed by atoms with Crippen molar-refractivity contribution in [1.29, 1.82) is 0 Å². The van der Waals surface area contributed by atoms with Gasteiger partial charge in [-0.2, -0.15) is 5.21 Å². The summed E-state index contributed by atoms with van der Waals surface area (Å²) in [7, 11) is 3.14. The van der Waals surface area contributed by atoms with Gasteiger partial charge in [-0.3, -0.25) is 4.79 Å². The van der Waals surface area contributed by atoms with Crippen LogP contribution in [-0.2, 0) is 11.2 Å². The standard InChI is InChI=1S/C19H21N5O3/c1-12-7-4-5-9-15(12)20-19(25)14(18-21-23-24-22-18)11-13-8-6-10-16(26-2)17(13)27-3/h4-10,14H,11H2,1-3H3,(H,20,25)(H,21,22,23,24). The predicted molar refractivity (Wildman–Crippen MR) is 100.0 cm³/mol. The van der Waals surface area contributed by atoms with Crippen molar-refractivity contribution in [1.82, 2.24) is 20.6 Å². The Labute approximate surface area is 156 Å². The zero-order valence-corrected chi connectivity index (χ0v) is 15.4. The molecule has 0 spiro atoms. The predicted octanol–water partition coefficient (Wildman–Crippen LogP) is 2.49. The van der Waals surface area contributed by atoms with Crippen LogP contribution in [0.1, 0.15) is 22.9 Å². The number of benzene rings is 2. The first-order valence-corrected chi connectivity index (χ1v) is 8.43. The van der Waals surface area contributed by atoms with Crippen molar-refractivity contribution in [3.63, 3.8) is 0 Å². The number of aromatic nitrogens is 4. The highest BCUT2D eigenvalue weighted by atomic mass is 16.5. The molecule has 2 aromatic carbocycles. The van der Waals surface area contributed by atoms with Gasteiger partial charge in [0.15, 0.2) is 17.3 Å². The van der Waals surface area contributed by atoms with Gasteiger partial charge in [0.1, 0.15) is 5.92 Å². The molecule has 1 heterocycles. The second-order valence-corrected chi connectivity index (χ2v) is 5.98. The molecule has 1 amide bonds. The summed E-state index contributed by atoms with van der Waals surface area (Å²) in [6, 6.07) is 13.1. The Balaban J connectivity index is 1.92. The molecule has 0 fully saturated rings. The first kappa shape index (κ1) is 18.4. The number of aromatic amines is 1. The maximum Gasteiger partial charge on any atom is 0.235 e. The number of hydrogen-bond donors (Lipinski definition) is 2. The van der Waals surface area contributed by atoms with Crippen molar-refractivity contribution >= 4 is 11.6 Å². The first-order valence-electron chi connectivity index (χ1n) is 8.43. The molecule has 3 aromatic rings. The number of hydrogen-bond acceptors (Lipinski definition) is 6. The fraction of sp³-hybridized carbons (Fsp3) is 0.263. The van der Waals surface area contributed by atoms with Crippen molar-refractivity contribution in [2.75, 3.05) is 19.5 Å². The molecule has 0 aliphatic carbocycles. The van der Waals surface area contributed by atoms with E-state index in [2.05, 4.69) is 25.9 Å². The fourth-order valence-corrected chi connectivity index (χ4v) is 2.89. The van der Waals surface area contributed by atoms with Crippen LogP contribution in [0, 0.1) is 6.92 Å². The average molecular weight is 367 g/mol. The molecule has 0 saturated heterocycles. The number of amides is 1. The molecule has 8 nitrogen and oxygen atoms in total. The molecule has 0 radical (unpaired) electrons. The van der Waals surface area contributed by atoms with E-state index in [0.29, 0.717) is 23.7 Å². The van der Waals surface area contributed by atoms with Gasteiger partial charge in [0.2, 0.25) is 5.91 Å². The molecule has 1 aromatic heterocycles. The van der Waals surface area contributed by atoms with E-state index < -0.39 is 5.92 Å². The summed E-state index contributed by atoms with van der Waals surface area (Å²) in [5, 5.41) is 17.0. The lowest BCUT2D eigenvalue weighted by Crippen LogP contribution is -2.24. The molecule has 0 bridgehead atoms. The lowest BCUT2D eigenvalue weighted by molar-refractivity contribution is -0.117. The zero-order valence-electron chi connectivity index (χ0n) is 15.4. The van der Waals surface area contributed by atoms with Crippen molar-refractivity contribution < 1.29 is 14.3 Å². The third-order valence-corrected chi connectivity index (χ3v) is 4.30. The topological polar surface area (TPSA) is 102 Å². The number of H-pyrrole nitrogens is 1. The lowest BCUT2D eigenvalue weighted by Gasteiger charge is -2.17. The molecule has 27 heavy (non-hydrogen) atoms. The van der Waals surface area contributed by atoms with Crippen LogP contribution in [-0.4, -0.2) is 40.8 Å². The van der Waals surface area contributed by atoms with E-state index in [1.54, 1.807) is 20.3 Å². The molecule has 0 aliphatic heterocycles. The fourth-order valence-electron chi connectivity index (χ4n) is 2.89. The van der Waals surface area contributed by atoms with Crippen molar-refractivity contribution in [3.05, 3.63) is 59.4 Å². The number of carbonyl (C=O) groups is 1. The first-order chi connectivity index (χ1) is 13.1. The van der Waals surface area contributed by atoms with Crippen LogP contribution in [0.5, 0.6) is 11.5 Å². The van der Waals surface area contributed by atoms with Crippen molar-refractivity contribution in [2.45, 2.75) is 19.3 Å². The quantitative estimate of drug-likeness (QED) is 0.665. The van der Waals surface area contributed by atoms with Crippen LogP contribution in [0.4, 0.5) is 5.69 Å². The highest BCUT2D eigenvalue weighted by molar-refractivity contribution is 5.96. The van der Waals surface area contributed by atoms with Gasteiger partial charge >= 0.3 is 0 Å². The van der Waals surface area contributed by atoms with Gasteiger partial charge in [-0.15, -0.1) is 10.2 Å². The largest absolute Gasteiger partial charge is 0.493 e. The number of anilines is 1. The number of ether oxygens (including phenoxy) is 2. The van der Waals surface area contributed by atoms with Gasteiger partial charge in [0, 0.05) is 5.69 Å². The highest BCUT2D eigenvalue weighted by Crippen LogP contribution is 2.34. The SMILES string of the molecule is COc1cccc(CC(C(=O)Nc2ccccc2C)c2nn[nH]n2)c1OC. The zero-order chi connectivity index (χ0) is 19.2. The maximum atomic E-state index is 13.0. The van der Waals surface area contributed by atoms with Crippen LogP contribution in [0.2, 0.25) is 0 Å². The molecule has 1 atom stereocenters. The normalized spacial score (nSPS) is 11.7. The molecule has 1 unspecified atom stereocenters. The molecule has 3 rings (SSSR count). The van der Waals surface area contributed by atoms with E-state index >= 15 is 0 Å². The Morgan fingerprint density at radius 1 is 1.15 bits per heavy atom. The summed E-state index contributed by atoms with van der Waals surface area (Å²) in [5.41, 5.74) is 2.52. The van der Waals surface area contributed by atoms with Crippen molar-refractivity contribution in [2.24, 2.45) is 0 Å². The number of para-hydroxylation sites is 2. The van der Waals surface area contributed by atoms with Crippen LogP contribution in [0.25, 0.3) is 0 Å². The third-order valence-electron chi connectivity index (χ3n) is 4.30. The second-order valence-electron chi connectivity index (χ2n) is 5.98. The Morgan fingerprint density at radius 3 is 2.63 bits per heavy atom. The van der Waals surface area contributed by atoms with E-state index in [1.165, 1.54) is 0 Å². The smallest absolute Gasteiger partial charge is 0.235 e. The van der Waals surface area contributed by atoms with E-state index in [4.69, 9.17) is 9.47 Å². The minimum absolute atomic E-state index is 0.226. The maximum absolute atomic E-state index is 13.0. The van der Waals surface area contributed by atoms with Crippen LogP contribution in [0.3, 0.4) is 0 Å². The Hall–Kier alpha value is -3.42. The lowest BCUT2D eigenvalue weighted by atomic mass is 9.96. The number of carbonyl (C=O) groups excluding carboxylic acids is 1. The number of rotatable bonds is 7. The van der Waals surface area contributed by atoms with E-state index in [-0.39, 0.29) is 5.91 Å². The van der Waals surface area contributed by atoms with E-state index in [9.17, 15) is 4.79 Å². The van der Waals surface area contributed by atoms with E-state index in [0.717, 1.165) is 16.8 Å². The summed E-state index contributed by atoms with van der Waals surface area (Å²) in [6.45, 7) is 1.93. The number of methoxy groups -OCH3 is 2. The Bertz CT molecular complexity index is 911. The molecule has 0 saturated carbocycles. The number of aryl methyl sites for hydroxylation is 1. The highest BCUT2D eigenvalue weighted by Gasteiger charge is 2.27. The van der Waals surface area contributed by atoms with Crippen molar-refractivity contribution in [3.8, 4) is 11.5 Å². The monoisotopic (exact) mass is 367 g/mol. The third kappa shape index (κ3) is 4.05. The number of nitrogens with zero attached hydrogens (tertiary/aromatic N) is 3. The summed E-state index contributed by atoms with van der Waals surface area (Å²) >= 11 is 0. The molecular formula is C19H21N5O3. The molecule has 0 aliphatic rings. The number of nitrogens with one attached hydrogen (secondary N) is 2. The number of tetrazole rings is 1. The van der Waals surface area contributed by atoms with Gasteiger partial charge in [-0.25, -0.2) is 0 Å². The van der Waals surface area contributed by atoms with Gasteiger partial charge in [-0.05, 0) is 36.6 Å². The van der Waals surface area contributed by atoms with Gasteiger partial charge in [0.25, 0.3) is 0 Å². The molecule has 8 heteroatoms. The Morgan fingerprint density at radius 2 is 1.96 bits per heavy atom. The van der Waals surface area contributed by atoms with E-state index in [1.807, 2.05) is 43.3 Å². The molecular weight excluding hydrogens is 346 g/mol. The summed E-state index contributed by atoms with van der Waals surface area (Å²) < 4.78 is 10.8. The Kier molecular flexibility index (Phi) is 5.65. The summed E-state index contributed by atoms with van der Waals surface area (Å²) in [6.07, 6.45) is 0.331. The van der Waals surface area contributed by atoms with Gasteiger partial charge in [0.05, 0.1) is 14.2 Å². The van der Waals surface area contributed by atoms with Crippen LogP contribution < -0.4 is 14.8 Å². The minimum Gasteiger partial charge on any atom is -0.493 e. The van der Waals surface area contributed by atoms with Crippen LogP contribution in [0.15, 0.2) is 42.5 Å². The minimum atomic E-state index is -0.649. The second kappa shape index (κ2) is 8.31. The van der Waals surface area contributed by atoms with Gasteiger partial charge in [-0.1, -0.05) is 35.5 Å². The molecule has 140 valence electrons. The summed E-state index contributed by atoms with van der Waals surface area (Å²) in [5.74, 6) is 0.615. The van der Waals surface area contributed by atoms with Crippen LogP contribution >= 0.6 is 0 Å². The van der Waals surface area contributed by atoms with Gasteiger partial charge < -0.3 is 14.8 Å². The molecule has 2 N–H and O–H groups in total.